The second kappa shape index (κ2) is 11.0. The van der Waals surface area contributed by atoms with Crippen molar-refractivity contribution < 1.29 is 14.6 Å². The van der Waals surface area contributed by atoms with Crippen LogP contribution in [0.1, 0.15) is 24.8 Å². The summed E-state index contributed by atoms with van der Waals surface area (Å²) in [5.74, 6) is 1.51. The largest absolute Gasteiger partial charge is 0.481 e. The second-order valence-corrected chi connectivity index (χ2v) is 12.5. The molecule has 41 heavy (non-hydrogen) atoms. The summed E-state index contributed by atoms with van der Waals surface area (Å²) in [6.07, 6.45) is 6.40. The molecule has 214 valence electrons. The minimum atomic E-state index is -0.646. The van der Waals surface area contributed by atoms with Gasteiger partial charge in [0.25, 0.3) is 0 Å². The fourth-order valence-corrected chi connectivity index (χ4v) is 7.46. The summed E-state index contributed by atoms with van der Waals surface area (Å²) in [5, 5.41) is 10.5. The molecule has 2 bridgehead atoms. The maximum atomic E-state index is 11.5. The SMILES string of the molecule is O=C(O)C1[C@H]2CCN(Cc3cc(Oc4cnc(N5CCN6CCC5C6)nc4)nc(-c4cc(Cl)cc(Cl)c4)c3)CC[C@@H]12. The van der Waals surface area contributed by atoms with Crippen molar-refractivity contribution in [1.29, 1.82) is 0 Å². The number of hydrogen-bond acceptors (Lipinski definition) is 8. The van der Waals surface area contributed by atoms with Gasteiger partial charge in [-0.25, -0.2) is 15.0 Å². The number of fused-ring (bicyclic) bond motifs is 3. The maximum Gasteiger partial charge on any atom is 0.307 e. The number of carboxylic acids is 1. The summed E-state index contributed by atoms with van der Waals surface area (Å²) in [6, 6.07) is 9.85. The van der Waals surface area contributed by atoms with E-state index in [4.69, 9.17) is 32.9 Å². The third-order valence-corrected chi connectivity index (χ3v) is 9.48. The van der Waals surface area contributed by atoms with Gasteiger partial charge in [0.2, 0.25) is 11.8 Å². The molecule has 3 saturated heterocycles. The summed E-state index contributed by atoms with van der Waals surface area (Å²) in [7, 11) is 0. The number of hydrogen-bond donors (Lipinski definition) is 1. The quantitative estimate of drug-likeness (QED) is 0.402. The first-order valence-corrected chi connectivity index (χ1v) is 15.1. The van der Waals surface area contributed by atoms with Gasteiger partial charge >= 0.3 is 5.97 Å². The van der Waals surface area contributed by atoms with Gasteiger partial charge < -0.3 is 14.7 Å². The first-order chi connectivity index (χ1) is 19.9. The van der Waals surface area contributed by atoms with Crippen LogP contribution in [0.4, 0.5) is 5.95 Å². The molecule has 0 spiro atoms. The van der Waals surface area contributed by atoms with Crippen molar-refractivity contribution in [1.82, 2.24) is 24.8 Å². The van der Waals surface area contributed by atoms with Gasteiger partial charge in [-0.05, 0) is 74.0 Å². The lowest BCUT2D eigenvalue weighted by Crippen LogP contribution is -2.47. The van der Waals surface area contributed by atoms with Crippen LogP contribution in [0.15, 0.2) is 42.7 Å². The van der Waals surface area contributed by atoms with Crippen LogP contribution in [-0.2, 0) is 11.3 Å². The minimum Gasteiger partial charge on any atom is -0.481 e. The van der Waals surface area contributed by atoms with Crippen LogP contribution in [0, 0.1) is 17.8 Å². The van der Waals surface area contributed by atoms with E-state index in [0.29, 0.717) is 51.8 Å². The third-order valence-electron chi connectivity index (χ3n) is 9.04. The monoisotopic (exact) mass is 594 g/mol. The number of benzene rings is 1. The number of rotatable bonds is 7. The molecule has 4 fully saturated rings. The number of anilines is 1. The third kappa shape index (κ3) is 5.73. The summed E-state index contributed by atoms with van der Waals surface area (Å²) >= 11 is 12.6. The molecule has 7 rings (SSSR count). The molecule has 1 aromatic carbocycles. The Morgan fingerprint density at radius 3 is 2.37 bits per heavy atom. The van der Waals surface area contributed by atoms with Gasteiger partial charge in [0.1, 0.15) is 0 Å². The molecule has 1 aliphatic carbocycles. The Morgan fingerprint density at radius 1 is 0.927 bits per heavy atom. The van der Waals surface area contributed by atoms with Crippen molar-refractivity contribution in [2.45, 2.75) is 31.8 Å². The van der Waals surface area contributed by atoms with Gasteiger partial charge in [-0.2, -0.15) is 0 Å². The van der Waals surface area contributed by atoms with Crippen LogP contribution < -0.4 is 9.64 Å². The highest BCUT2D eigenvalue weighted by molar-refractivity contribution is 6.35. The highest BCUT2D eigenvalue weighted by atomic mass is 35.5. The van der Waals surface area contributed by atoms with Gasteiger partial charge in [0.15, 0.2) is 5.75 Å². The summed E-state index contributed by atoms with van der Waals surface area (Å²) in [4.78, 5) is 32.7. The fourth-order valence-electron chi connectivity index (χ4n) is 6.94. The van der Waals surface area contributed by atoms with E-state index in [1.807, 2.05) is 24.3 Å². The molecule has 4 aliphatic rings. The molecule has 3 aromatic rings. The van der Waals surface area contributed by atoms with Gasteiger partial charge in [0.05, 0.1) is 24.0 Å². The van der Waals surface area contributed by atoms with Crippen molar-refractivity contribution in [3.8, 4) is 22.9 Å². The average Bonchev–Trinajstić information content (AvgIpc) is 3.59. The van der Waals surface area contributed by atoms with Gasteiger partial charge in [-0.15, -0.1) is 0 Å². The van der Waals surface area contributed by atoms with Gasteiger partial charge in [0, 0.05) is 60.4 Å². The summed E-state index contributed by atoms with van der Waals surface area (Å²) < 4.78 is 6.21. The number of aliphatic carboxylic acids is 1. The Labute approximate surface area is 249 Å². The highest BCUT2D eigenvalue weighted by Crippen LogP contribution is 2.52. The van der Waals surface area contributed by atoms with E-state index in [-0.39, 0.29) is 5.92 Å². The number of piperazine rings is 1. The lowest BCUT2D eigenvalue weighted by Gasteiger charge is -2.34. The predicted molar refractivity (Wildman–Crippen MR) is 157 cm³/mol. The Kier molecular flexibility index (Phi) is 7.23. The molecule has 1 N–H and O–H groups in total. The van der Waals surface area contributed by atoms with Gasteiger partial charge in [-0.1, -0.05) is 23.2 Å². The predicted octanol–water partition coefficient (Wildman–Crippen LogP) is 5.07. The van der Waals surface area contributed by atoms with E-state index in [1.54, 1.807) is 18.5 Å². The number of pyridine rings is 1. The average molecular weight is 596 g/mol. The lowest BCUT2D eigenvalue weighted by atomic mass is 10.1. The molecule has 3 unspecified atom stereocenters. The van der Waals surface area contributed by atoms with Gasteiger partial charge in [-0.3, -0.25) is 14.6 Å². The molecule has 0 amide bonds. The van der Waals surface area contributed by atoms with Crippen molar-refractivity contribution in [3.63, 3.8) is 0 Å². The first-order valence-electron chi connectivity index (χ1n) is 14.3. The van der Waals surface area contributed by atoms with E-state index in [1.165, 1.54) is 0 Å². The number of aromatic nitrogens is 3. The molecule has 3 aliphatic heterocycles. The topological polar surface area (TPSA) is 94.9 Å². The smallest absolute Gasteiger partial charge is 0.307 e. The maximum absolute atomic E-state index is 11.5. The summed E-state index contributed by atoms with van der Waals surface area (Å²) in [6.45, 7) is 6.65. The Balaban J connectivity index is 1.11. The van der Waals surface area contributed by atoms with Crippen LogP contribution in [0.25, 0.3) is 11.3 Å². The minimum absolute atomic E-state index is 0.159. The number of carboxylic acid groups (broad SMARTS) is 1. The van der Waals surface area contributed by atoms with Crippen molar-refractivity contribution >= 4 is 35.1 Å². The molecule has 11 heteroatoms. The van der Waals surface area contributed by atoms with Crippen molar-refractivity contribution in [3.05, 3.63) is 58.3 Å². The molecule has 9 nitrogen and oxygen atoms in total. The molecule has 1 saturated carbocycles. The molecule has 5 atom stereocenters. The number of likely N-dealkylation sites (tertiary alicyclic amines) is 1. The Morgan fingerprint density at radius 2 is 1.66 bits per heavy atom. The zero-order valence-corrected chi connectivity index (χ0v) is 24.1. The highest BCUT2D eigenvalue weighted by Gasteiger charge is 2.54. The zero-order chi connectivity index (χ0) is 28.1. The van der Waals surface area contributed by atoms with E-state index >= 15 is 0 Å². The number of carbonyl (C=O) groups is 1. The molecular weight excluding hydrogens is 563 g/mol. The van der Waals surface area contributed by atoms with E-state index < -0.39 is 5.97 Å². The second-order valence-electron chi connectivity index (χ2n) is 11.7. The van der Waals surface area contributed by atoms with Crippen LogP contribution in [0.5, 0.6) is 11.6 Å². The number of ether oxygens (including phenoxy) is 1. The summed E-state index contributed by atoms with van der Waals surface area (Å²) in [5.41, 5.74) is 2.56. The first kappa shape index (κ1) is 26.9. The van der Waals surface area contributed by atoms with E-state index in [2.05, 4.69) is 24.7 Å². The lowest BCUT2D eigenvalue weighted by molar-refractivity contribution is -0.139. The van der Waals surface area contributed by atoms with E-state index in [0.717, 1.165) is 75.6 Å². The van der Waals surface area contributed by atoms with Crippen LogP contribution >= 0.6 is 23.2 Å². The van der Waals surface area contributed by atoms with Crippen LogP contribution in [0.2, 0.25) is 10.0 Å². The normalized spacial score (nSPS) is 27.3. The fraction of sp³-hybridized carbons (Fsp3) is 0.467. The van der Waals surface area contributed by atoms with Crippen LogP contribution in [0.3, 0.4) is 0 Å². The number of nitrogens with zero attached hydrogens (tertiary/aromatic N) is 6. The molecule has 0 radical (unpaired) electrons. The van der Waals surface area contributed by atoms with Crippen molar-refractivity contribution in [2.24, 2.45) is 17.8 Å². The Hall–Kier alpha value is -2.98. The standard InChI is InChI=1S/C30H32Cl2N6O3/c31-20-11-19(12-21(32)13-20)26-9-18(16-36-5-2-24-25(3-6-36)28(24)29(39)40)10-27(35-26)41-23-14-33-30(34-15-23)38-8-7-37-4-1-22(38)17-37/h9-15,22,24-25,28H,1-8,16-17H2,(H,39,40)/t22?,24-,25+,28?. The van der Waals surface area contributed by atoms with Crippen LogP contribution in [-0.4, -0.2) is 81.1 Å². The zero-order valence-electron chi connectivity index (χ0n) is 22.6. The Bertz CT molecular complexity index is 1420. The number of halogens is 2. The molecular formula is C30H32Cl2N6O3. The molecule has 2 aromatic heterocycles. The van der Waals surface area contributed by atoms with E-state index in [9.17, 15) is 9.90 Å². The molecule has 5 heterocycles. The van der Waals surface area contributed by atoms with Crippen molar-refractivity contribution in [2.75, 3.05) is 44.2 Å².